The van der Waals surface area contributed by atoms with Crippen LogP contribution in [0.4, 0.5) is 0 Å². The van der Waals surface area contributed by atoms with Gasteiger partial charge in [-0.2, -0.15) is 5.26 Å². The molecule has 3 fully saturated rings. The number of carbonyl (C=O) groups excluding carboxylic acids is 2. The van der Waals surface area contributed by atoms with Crippen molar-refractivity contribution in [1.29, 1.82) is 5.26 Å². The number of aliphatic imine (C=N–C) groups is 1. The van der Waals surface area contributed by atoms with Gasteiger partial charge in [-0.1, -0.05) is 30.3 Å². The number of rotatable bonds is 3. The Balaban J connectivity index is 1.47. The third-order valence-corrected chi connectivity index (χ3v) is 6.97. The number of likely N-dealkylation sites (tertiary alicyclic amines) is 3. The van der Waals surface area contributed by atoms with Gasteiger partial charge in [-0.3, -0.25) is 14.8 Å². The average Bonchev–Trinajstić information content (AvgIpc) is 3.54. The molecule has 2 N–H and O–H groups in total. The highest BCUT2D eigenvalue weighted by atomic mass is 16.5. The Kier molecular flexibility index (Phi) is 6.90. The molecule has 0 radical (unpaired) electrons. The summed E-state index contributed by atoms with van der Waals surface area (Å²) in [6.07, 6.45) is 5.33. The summed E-state index contributed by atoms with van der Waals surface area (Å²) in [6.45, 7) is 3.75. The van der Waals surface area contributed by atoms with Gasteiger partial charge in [0.05, 0.1) is 11.8 Å². The highest BCUT2D eigenvalue weighted by Crippen LogP contribution is 2.32. The topological polar surface area (TPSA) is 112 Å². The normalized spacial score (nSPS) is 26.2. The number of carbonyl (C=O) groups is 2. The standard InChI is InChI=1S/C23H30N6O3/c24-16-25-23(27-10-4-5-11-27)29-13-9-19(20(15-29)21(30)26-32)22(31)28-12-8-18(14-28)17-6-2-1-3-7-17/h1-3,6-7,18-20,32H,4-5,8-15H2,(H,26,30)/t18-,19?,20?/m0/s1. The van der Waals surface area contributed by atoms with Crippen LogP contribution in [0.3, 0.4) is 0 Å². The van der Waals surface area contributed by atoms with E-state index in [-0.39, 0.29) is 12.5 Å². The number of nitrogens with zero attached hydrogens (tertiary/aromatic N) is 5. The van der Waals surface area contributed by atoms with Crippen molar-refractivity contribution in [2.75, 3.05) is 39.3 Å². The lowest BCUT2D eigenvalue weighted by atomic mass is 9.83. The predicted molar refractivity (Wildman–Crippen MR) is 117 cm³/mol. The molecule has 3 saturated heterocycles. The lowest BCUT2D eigenvalue weighted by Crippen LogP contribution is -2.55. The lowest BCUT2D eigenvalue weighted by molar-refractivity contribution is -0.147. The highest BCUT2D eigenvalue weighted by Gasteiger charge is 2.43. The predicted octanol–water partition coefficient (Wildman–Crippen LogP) is 1.38. The summed E-state index contributed by atoms with van der Waals surface area (Å²) in [5.74, 6) is -0.939. The Bertz CT molecular complexity index is 893. The van der Waals surface area contributed by atoms with E-state index in [1.165, 1.54) is 5.56 Å². The van der Waals surface area contributed by atoms with E-state index < -0.39 is 17.7 Å². The second kappa shape index (κ2) is 10.0. The second-order valence-electron chi connectivity index (χ2n) is 8.81. The first-order valence-electron chi connectivity index (χ1n) is 11.4. The number of benzene rings is 1. The van der Waals surface area contributed by atoms with E-state index in [0.717, 1.165) is 32.4 Å². The van der Waals surface area contributed by atoms with Crippen molar-refractivity contribution in [3.05, 3.63) is 35.9 Å². The van der Waals surface area contributed by atoms with Crippen LogP contribution in [0.25, 0.3) is 0 Å². The summed E-state index contributed by atoms with van der Waals surface area (Å²) in [4.78, 5) is 35.8. The van der Waals surface area contributed by atoms with E-state index in [4.69, 9.17) is 0 Å². The zero-order valence-corrected chi connectivity index (χ0v) is 18.2. The summed E-state index contributed by atoms with van der Waals surface area (Å²) in [5, 5.41) is 18.5. The zero-order chi connectivity index (χ0) is 22.5. The molecule has 0 aromatic heterocycles. The van der Waals surface area contributed by atoms with Crippen molar-refractivity contribution in [3.63, 3.8) is 0 Å². The Hall–Kier alpha value is -3.12. The van der Waals surface area contributed by atoms with Crippen LogP contribution in [0.1, 0.15) is 37.2 Å². The number of hydrogen-bond donors (Lipinski definition) is 2. The van der Waals surface area contributed by atoms with Crippen molar-refractivity contribution in [2.45, 2.75) is 31.6 Å². The number of hydroxylamine groups is 1. The van der Waals surface area contributed by atoms with Crippen LogP contribution in [0.2, 0.25) is 0 Å². The van der Waals surface area contributed by atoms with Gasteiger partial charge in [-0.05, 0) is 31.2 Å². The van der Waals surface area contributed by atoms with Gasteiger partial charge in [0.25, 0.3) is 0 Å². The number of nitriles is 1. The van der Waals surface area contributed by atoms with Crippen LogP contribution in [-0.4, -0.2) is 76.9 Å². The molecule has 1 aromatic carbocycles. The van der Waals surface area contributed by atoms with Gasteiger partial charge in [0.1, 0.15) is 0 Å². The monoisotopic (exact) mass is 438 g/mol. The minimum absolute atomic E-state index is 0.0309. The van der Waals surface area contributed by atoms with E-state index in [9.17, 15) is 20.1 Å². The summed E-state index contributed by atoms with van der Waals surface area (Å²) < 4.78 is 0. The molecule has 3 aliphatic heterocycles. The molecule has 2 amide bonds. The summed E-state index contributed by atoms with van der Waals surface area (Å²) in [5.41, 5.74) is 2.98. The molecule has 0 spiro atoms. The summed E-state index contributed by atoms with van der Waals surface area (Å²) in [7, 11) is 0. The molecule has 9 nitrogen and oxygen atoms in total. The van der Waals surface area contributed by atoms with Gasteiger partial charge in [0.2, 0.25) is 24.0 Å². The average molecular weight is 439 g/mol. The quantitative estimate of drug-likeness (QED) is 0.242. The van der Waals surface area contributed by atoms with Crippen LogP contribution in [0.15, 0.2) is 35.3 Å². The van der Waals surface area contributed by atoms with Crippen molar-refractivity contribution in [2.24, 2.45) is 16.8 Å². The molecular formula is C23H30N6O3. The molecule has 170 valence electrons. The zero-order valence-electron chi connectivity index (χ0n) is 18.2. The molecule has 0 bridgehead atoms. The molecule has 2 unspecified atom stereocenters. The molecule has 0 aliphatic carbocycles. The minimum Gasteiger partial charge on any atom is -0.342 e. The summed E-state index contributed by atoms with van der Waals surface area (Å²) in [6, 6.07) is 10.2. The molecule has 3 atom stereocenters. The SMILES string of the molecule is N#CN=C(N1CCCC1)N1CCC(C(=O)N2CC[C@H](c3ccccc3)C2)C(C(=O)NO)C1. The lowest BCUT2D eigenvalue weighted by Gasteiger charge is -2.41. The maximum absolute atomic E-state index is 13.4. The van der Waals surface area contributed by atoms with Gasteiger partial charge in [0, 0.05) is 45.2 Å². The molecule has 3 aliphatic rings. The minimum atomic E-state index is -0.705. The van der Waals surface area contributed by atoms with Gasteiger partial charge in [-0.25, -0.2) is 5.48 Å². The fraction of sp³-hybridized carbons (Fsp3) is 0.565. The van der Waals surface area contributed by atoms with Gasteiger partial charge in [0.15, 0.2) is 0 Å². The molecule has 1 aromatic rings. The van der Waals surface area contributed by atoms with E-state index >= 15 is 0 Å². The van der Waals surface area contributed by atoms with Gasteiger partial charge >= 0.3 is 0 Å². The van der Waals surface area contributed by atoms with E-state index in [1.54, 1.807) is 5.48 Å². The maximum atomic E-state index is 13.4. The Labute approximate surface area is 188 Å². The summed E-state index contributed by atoms with van der Waals surface area (Å²) >= 11 is 0. The number of piperidine rings is 1. The molecule has 32 heavy (non-hydrogen) atoms. The van der Waals surface area contributed by atoms with Crippen molar-refractivity contribution in [1.82, 2.24) is 20.2 Å². The highest BCUT2D eigenvalue weighted by molar-refractivity contribution is 5.89. The largest absolute Gasteiger partial charge is 0.342 e. The number of hydrogen-bond acceptors (Lipinski definition) is 5. The molecule has 9 heteroatoms. The van der Waals surface area contributed by atoms with E-state index in [1.807, 2.05) is 34.2 Å². The van der Waals surface area contributed by atoms with Crippen LogP contribution in [0, 0.1) is 23.3 Å². The Morgan fingerprint density at radius 1 is 0.969 bits per heavy atom. The molecular weight excluding hydrogens is 408 g/mol. The Morgan fingerprint density at radius 3 is 2.38 bits per heavy atom. The second-order valence-corrected chi connectivity index (χ2v) is 8.81. The van der Waals surface area contributed by atoms with Gasteiger partial charge < -0.3 is 14.7 Å². The van der Waals surface area contributed by atoms with Gasteiger partial charge in [-0.15, -0.1) is 4.99 Å². The first-order valence-corrected chi connectivity index (χ1v) is 11.4. The van der Waals surface area contributed by atoms with Crippen molar-refractivity contribution >= 4 is 17.8 Å². The van der Waals surface area contributed by atoms with E-state index in [2.05, 4.69) is 22.0 Å². The van der Waals surface area contributed by atoms with Crippen molar-refractivity contribution in [3.8, 4) is 6.19 Å². The van der Waals surface area contributed by atoms with Crippen LogP contribution in [-0.2, 0) is 9.59 Å². The van der Waals surface area contributed by atoms with Crippen LogP contribution in [0.5, 0.6) is 0 Å². The van der Waals surface area contributed by atoms with Crippen LogP contribution >= 0.6 is 0 Å². The molecule has 0 saturated carbocycles. The first-order chi connectivity index (χ1) is 15.6. The first kappa shape index (κ1) is 22.1. The third kappa shape index (κ3) is 4.55. The third-order valence-electron chi connectivity index (χ3n) is 6.97. The molecule has 4 rings (SSSR count). The fourth-order valence-corrected chi connectivity index (χ4v) is 5.27. The van der Waals surface area contributed by atoms with E-state index in [0.29, 0.717) is 37.9 Å². The maximum Gasteiger partial charge on any atom is 0.249 e. The molecule has 3 heterocycles. The Morgan fingerprint density at radius 2 is 1.69 bits per heavy atom. The van der Waals surface area contributed by atoms with Crippen LogP contribution < -0.4 is 5.48 Å². The number of guanidine groups is 1. The smallest absolute Gasteiger partial charge is 0.249 e. The van der Waals surface area contributed by atoms with Crippen molar-refractivity contribution < 1.29 is 14.8 Å². The number of amides is 2. The number of nitrogens with one attached hydrogen (secondary N) is 1. The fourth-order valence-electron chi connectivity index (χ4n) is 5.27.